The Labute approximate surface area is 203 Å². The standard InChI is InChI=1S/C28H27N5O2/c1-19-4-3-13-33-17-22(31-27(19)33)18-35-23-8-6-21(7-9-23)28(34)32-14-10-20(11-15-32)25-16-30-26-24(25)5-2-12-29-26/h2-9,12-13,16-17,20H,10-11,14-15,18H2,1H3,(H,29,30). The molecule has 1 fully saturated rings. The van der Waals surface area contributed by atoms with Gasteiger partial charge in [-0.1, -0.05) is 6.07 Å². The number of nitrogens with zero attached hydrogens (tertiary/aromatic N) is 4. The van der Waals surface area contributed by atoms with E-state index in [2.05, 4.69) is 27.2 Å². The number of carbonyl (C=O) groups excluding carboxylic acids is 1. The topological polar surface area (TPSA) is 75.5 Å². The number of ether oxygens (including phenoxy) is 1. The highest BCUT2D eigenvalue weighted by molar-refractivity contribution is 5.94. The molecule has 4 aromatic heterocycles. The second-order valence-corrected chi connectivity index (χ2v) is 9.18. The predicted octanol–water partition coefficient (Wildman–Crippen LogP) is 5.12. The molecule has 7 heteroatoms. The third-order valence-electron chi connectivity index (χ3n) is 6.92. The molecule has 0 aliphatic carbocycles. The van der Waals surface area contributed by atoms with Gasteiger partial charge in [0.05, 0.1) is 5.69 Å². The summed E-state index contributed by atoms with van der Waals surface area (Å²) in [5, 5.41) is 1.19. The summed E-state index contributed by atoms with van der Waals surface area (Å²) in [6.45, 7) is 3.93. The zero-order valence-electron chi connectivity index (χ0n) is 19.6. The van der Waals surface area contributed by atoms with Gasteiger partial charge in [-0.05, 0) is 79.3 Å². The van der Waals surface area contributed by atoms with Crippen LogP contribution < -0.4 is 4.74 Å². The van der Waals surface area contributed by atoms with Crippen molar-refractivity contribution >= 4 is 22.6 Å². The van der Waals surface area contributed by atoms with Gasteiger partial charge in [0.2, 0.25) is 0 Å². The van der Waals surface area contributed by atoms with E-state index in [1.807, 2.05) is 71.1 Å². The van der Waals surface area contributed by atoms with Crippen LogP contribution in [0.2, 0.25) is 0 Å². The normalized spacial score (nSPS) is 14.6. The molecule has 1 saturated heterocycles. The minimum absolute atomic E-state index is 0.0754. The Balaban J connectivity index is 1.06. The molecule has 5 aromatic rings. The van der Waals surface area contributed by atoms with E-state index in [4.69, 9.17) is 4.74 Å². The molecule has 0 bridgehead atoms. The zero-order valence-corrected chi connectivity index (χ0v) is 19.6. The lowest BCUT2D eigenvalue weighted by atomic mass is 9.89. The molecule has 1 N–H and O–H groups in total. The third kappa shape index (κ3) is 4.14. The number of benzene rings is 1. The molecule has 1 aliphatic rings. The van der Waals surface area contributed by atoms with E-state index >= 15 is 0 Å². The molecular weight excluding hydrogens is 438 g/mol. The number of rotatable bonds is 5. The van der Waals surface area contributed by atoms with Gasteiger partial charge in [0, 0.05) is 48.8 Å². The van der Waals surface area contributed by atoms with E-state index in [-0.39, 0.29) is 5.91 Å². The Morgan fingerprint density at radius 1 is 1.11 bits per heavy atom. The molecule has 0 unspecified atom stereocenters. The number of aromatic nitrogens is 4. The first kappa shape index (κ1) is 21.4. The quantitative estimate of drug-likeness (QED) is 0.391. The monoisotopic (exact) mass is 465 g/mol. The number of pyridine rings is 2. The van der Waals surface area contributed by atoms with Gasteiger partial charge in [-0.2, -0.15) is 0 Å². The van der Waals surface area contributed by atoms with Crippen molar-refractivity contribution < 1.29 is 9.53 Å². The molecular formula is C28H27N5O2. The van der Waals surface area contributed by atoms with Gasteiger partial charge in [0.1, 0.15) is 23.7 Å². The first-order chi connectivity index (χ1) is 17.2. The van der Waals surface area contributed by atoms with Crippen LogP contribution in [0.25, 0.3) is 16.7 Å². The van der Waals surface area contributed by atoms with Gasteiger partial charge in [0.25, 0.3) is 5.91 Å². The van der Waals surface area contributed by atoms with Crippen molar-refractivity contribution in [3.05, 3.63) is 95.7 Å². The first-order valence-electron chi connectivity index (χ1n) is 12.0. The molecule has 7 nitrogen and oxygen atoms in total. The first-order valence-corrected chi connectivity index (χ1v) is 12.0. The molecule has 176 valence electrons. The number of hydrogen-bond acceptors (Lipinski definition) is 4. The van der Waals surface area contributed by atoms with E-state index in [1.54, 1.807) is 6.20 Å². The molecule has 1 amide bonds. The highest BCUT2D eigenvalue weighted by atomic mass is 16.5. The number of H-pyrrole nitrogens is 1. The smallest absolute Gasteiger partial charge is 0.253 e. The Hall–Kier alpha value is -4.13. The molecule has 0 radical (unpaired) electrons. The van der Waals surface area contributed by atoms with Crippen molar-refractivity contribution in [1.82, 2.24) is 24.3 Å². The summed E-state index contributed by atoms with van der Waals surface area (Å²) in [5.74, 6) is 1.24. The lowest BCUT2D eigenvalue weighted by molar-refractivity contribution is 0.0713. The fraction of sp³-hybridized carbons (Fsp3) is 0.250. The van der Waals surface area contributed by atoms with Crippen LogP contribution in [0.4, 0.5) is 0 Å². The molecule has 1 aliphatic heterocycles. The number of piperidine rings is 1. The van der Waals surface area contributed by atoms with Crippen molar-refractivity contribution in [2.24, 2.45) is 0 Å². The number of aryl methyl sites for hydroxylation is 1. The molecule has 1 aromatic carbocycles. The summed E-state index contributed by atoms with van der Waals surface area (Å²) in [5.41, 5.74) is 5.87. The number of aromatic amines is 1. The Bertz CT molecular complexity index is 1490. The van der Waals surface area contributed by atoms with Crippen LogP contribution in [0.1, 0.15) is 45.9 Å². The van der Waals surface area contributed by atoms with Gasteiger partial charge in [-0.25, -0.2) is 9.97 Å². The van der Waals surface area contributed by atoms with Crippen molar-refractivity contribution in [1.29, 1.82) is 0 Å². The average molecular weight is 466 g/mol. The maximum absolute atomic E-state index is 13.1. The summed E-state index contributed by atoms with van der Waals surface area (Å²) in [7, 11) is 0. The van der Waals surface area contributed by atoms with Crippen molar-refractivity contribution in [3.8, 4) is 5.75 Å². The number of likely N-dealkylation sites (tertiary alicyclic amines) is 1. The number of amides is 1. The summed E-state index contributed by atoms with van der Waals surface area (Å²) in [6, 6.07) is 15.6. The SMILES string of the molecule is Cc1cccn2cc(COc3ccc(C(=O)N4CCC(c5c[nH]c6ncccc56)CC4)cc3)nc12. The van der Waals surface area contributed by atoms with Crippen LogP contribution in [0.5, 0.6) is 5.75 Å². The van der Waals surface area contributed by atoms with Crippen molar-refractivity contribution in [3.63, 3.8) is 0 Å². The zero-order chi connectivity index (χ0) is 23.8. The van der Waals surface area contributed by atoms with Crippen LogP contribution in [0, 0.1) is 6.92 Å². The van der Waals surface area contributed by atoms with Crippen molar-refractivity contribution in [2.45, 2.75) is 32.3 Å². The number of fused-ring (bicyclic) bond motifs is 2. The lowest BCUT2D eigenvalue weighted by Crippen LogP contribution is -2.37. The van der Waals surface area contributed by atoms with Crippen LogP contribution in [0.3, 0.4) is 0 Å². The lowest BCUT2D eigenvalue weighted by Gasteiger charge is -2.32. The van der Waals surface area contributed by atoms with Gasteiger partial charge >= 0.3 is 0 Å². The number of carbonyl (C=O) groups is 1. The Morgan fingerprint density at radius 2 is 1.94 bits per heavy atom. The molecule has 0 atom stereocenters. The highest BCUT2D eigenvalue weighted by Gasteiger charge is 2.26. The molecule has 6 rings (SSSR count). The maximum atomic E-state index is 13.1. The van der Waals surface area contributed by atoms with Gasteiger partial charge in [-0.15, -0.1) is 0 Å². The van der Waals surface area contributed by atoms with Gasteiger partial charge in [-0.3, -0.25) is 4.79 Å². The fourth-order valence-corrected chi connectivity index (χ4v) is 5.02. The highest BCUT2D eigenvalue weighted by Crippen LogP contribution is 2.33. The third-order valence-corrected chi connectivity index (χ3v) is 6.92. The van der Waals surface area contributed by atoms with Crippen LogP contribution >= 0.6 is 0 Å². The number of nitrogens with one attached hydrogen (secondary N) is 1. The van der Waals surface area contributed by atoms with Gasteiger partial charge in [0.15, 0.2) is 0 Å². The molecule has 35 heavy (non-hydrogen) atoms. The van der Waals surface area contributed by atoms with Crippen LogP contribution in [0.15, 0.2) is 73.3 Å². The molecule has 0 spiro atoms. The number of hydrogen-bond donors (Lipinski definition) is 1. The van der Waals surface area contributed by atoms with Gasteiger partial charge < -0.3 is 19.0 Å². The predicted molar refractivity (Wildman–Crippen MR) is 135 cm³/mol. The minimum Gasteiger partial charge on any atom is -0.487 e. The summed E-state index contributed by atoms with van der Waals surface area (Å²) in [4.78, 5) is 27.4. The van der Waals surface area contributed by atoms with Crippen LogP contribution in [-0.4, -0.2) is 43.2 Å². The molecule has 0 saturated carbocycles. The van der Waals surface area contributed by atoms with E-state index in [1.165, 1.54) is 10.9 Å². The molecule has 5 heterocycles. The second kappa shape index (κ2) is 8.91. The summed E-state index contributed by atoms with van der Waals surface area (Å²) < 4.78 is 7.93. The van der Waals surface area contributed by atoms with E-state index in [9.17, 15) is 4.79 Å². The largest absolute Gasteiger partial charge is 0.487 e. The summed E-state index contributed by atoms with van der Waals surface area (Å²) >= 11 is 0. The minimum atomic E-state index is 0.0754. The van der Waals surface area contributed by atoms with Crippen molar-refractivity contribution in [2.75, 3.05) is 13.1 Å². The number of imidazole rings is 1. The van der Waals surface area contributed by atoms with E-state index < -0.39 is 0 Å². The summed E-state index contributed by atoms with van der Waals surface area (Å²) in [6.07, 6.45) is 9.75. The average Bonchev–Trinajstić information content (AvgIpc) is 3.53. The Kier molecular flexibility index (Phi) is 5.45. The van der Waals surface area contributed by atoms with Crippen LogP contribution in [-0.2, 0) is 6.61 Å². The fourth-order valence-electron chi connectivity index (χ4n) is 5.02. The Morgan fingerprint density at radius 3 is 2.74 bits per heavy atom. The van der Waals surface area contributed by atoms with E-state index in [0.717, 1.165) is 54.2 Å². The maximum Gasteiger partial charge on any atom is 0.253 e. The second-order valence-electron chi connectivity index (χ2n) is 9.18. The van der Waals surface area contributed by atoms with E-state index in [0.29, 0.717) is 18.1 Å².